The van der Waals surface area contributed by atoms with Gasteiger partial charge in [0.25, 0.3) is 5.91 Å². The highest BCUT2D eigenvalue weighted by atomic mass is 16.3. The summed E-state index contributed by atoms with van der Waals surface area (Å²) >= 11 is 0. The zero-order valence-electron chi connectivity index (χ0n) is 17.6. The number of nitrogens with one attached hydrogen (secondary N) is 1. The van der Waals surface area contributed by atoms with E-state index in [1.165, 1.54) is 5.56 Å². The summed E-state index contributed by atoms with van der Waals surface area (Å²) in [4.78, 5) is 19.4. The Morgan fingerprint density at radius 2 is 1.87 bits per heavy atom. The summed E-state index contributed by atoms with van der Waals surface area (Å²) in [5, 5.41) is 17.8. The number of aliphatic hydroxyl groups excluding tert-OH is 1. The SMILES string of the molecule is CC(C)n1ncc2cc(C(=O)NCc3ccc(CN4CCC(O)CC4)cc3)cnc21. The fourth-order valence-corrected chi connectivity index (χ4v) is 3.82. The molecule has 2 N–H and O–H groups in total. The molecular weight excluding hydrogens is 378 g/mol. The zero-order valence-corrected chi connectivity index (χ0v) is 17.6. The number of amides is 1. The Morgan fingerprint density at radius 3 is 2.57 bits per heavy atom. The topological polar surface area (TPSA) is 83.3 Å². The molecule has 1 aromatic carbocycles. The van der Waals surface area contributed by atoms with Crippen molar-refractivity contribution < 1.29 is 9.90 Å². The number of fused-ring (bicyclic) bond motifs is 1. The molecule has 1 amide bonds. The van der Waals surface area contributed by atoms with Crippen LogP contribution in [0.4, 0.5) is 0 Å². The van der Waals surface area contributed by atoms with Crippen LogP contribution in [-0.2, 0) is 13.1 Å². The van der Waals surface area contributed by atoms with Gasteiger partial charge in [-0.25, -0.2) is 9.67 Å². The summed E-state index contributed by atoms with van der Waals surface area (Å²) in [5.74, 6) is -0.141. The number of carbonyl (C=O) groups excluding carboxylic acids is 1. The third-order valence-electron chi connectivity index (χ3n) is 5.62. The molecule has 0 aliphatic carbocycles. The highest BCUT2D eigenvalue weighted by molar-refractivity contribution is 5.96. The first-order valence-corrected chi connectivity index (χ1v) is 10.6. The fourth-order valence-electron chi connectivity index (χ4n) is 3.82. The van der Waals surface area contributed by atoms with Gasteiger partial charge in [-0.3, -0.25) is 9.69 Å². The second-order valence-electron chi connectivity index (χ2n) is 8.33. The van der Waals surface area contributed by atoms with E-state index in [-0.39, 0.29) is 18.1 Å². The highest BCUT2D eigenvalue weighted by Gasteiger charge is 2.17. The molecule has 0 unspecified atom stereocenters. The number of pyridine rings is 1. The Hall–Kier alpha value is -2.77. The van der Waals surface area contributed by atoms with Crippen LogP contribution >= 0.6 is 0 Å². The summed E-state index contributed by atoms with van der Waals surface area (Å²) in [6, 6.07) is 10.4. The Kier molecular flexibility index (Phi) is 6.11. The molecular formula is C23H29N5O2. The van der Waals surface area contributed by atoms with E-state index in [0.29, 0.717) is 12.1 Å². The summed E-state index contributed by atoms with van der Waals surface area (Å²) in [7, 11) is 0. The van der Waals surface area contributed by atoms with Crippen molar-refractivity contribution in [1.29, 1.82) is 0 Å². The van der Waals surface area contributed by atoms with Crippen molar-refractivity contribution in [2.45, 2.75) is 51.9 Å². The van der Waals surface area contributed by atoms with Gasteiger partial charge < -0.3 is 10.4 Å². The maximum Gasteiger partial charge on any atom is 0.253 e. The van der Waals surface area contributed by atoms with Crippen LogP contribution in [0.25, 0.3) is 11.0 Å². The van der Waals surface area contributed by atoms with Crippen LogP contribution in [0.5, 0.6) is 0 Å². The molecule has 0 bridgehead atoms. The maximum absolute atomic E-state index is 12.6. The maximum atomic E-state index is 12.6. The van der Waals surface area contributed by atoms with E-state index in [1.54, 1.807) is 12.4 Å². The van der Waals surface area contributed by atoms with Crippen molar-refractivity contribution >= 4 is 16.9 Å². The molecule has 0 saturated carbocycles. The van der Waals surface area contributed by atoms with E-state index in [0.717, 1.165) is 49.1 Å². The van der Waals surface area contributed by atoms with E-state index in [2.05, 4.69) is 58.4 Å². The van der Waals surface area contributed by atoms with Crippen molar-refractivity contribution in [2.24, 2.45) is 0 Å². The second-order valence-corrected chi connectivity index (χ2v) is 8.33. The molecule has 1 fully saturated rings. The molecule has 3 aromatic rings. The van der Waals surface area contributed by atoms with Crippen molar-refractivity contribution in [1.82, 2.24) is 25.0 Å². The van der Waals surface area contributed by atoms with Gasteiger partial charge in [-0.1, -0.05) is 24.3 Å². The predicted molar refractivity (Wildman–Crippen MR) is 116 cm³/mol. The quantitative estimate of drug-likeness (QED) is 0.657. The third-order valence-corrected chi connectivity index (χ3v) is 5.62. The first kappa shape index (κ1) is 20.5. The number of likely N-dealkylation sites (tertiary alicyclic amines) is 1. The van der Waals surface area contributed by atoms with Crippen LogP contribution in [0.15, 0.2) is 42.7 Å². The normalized spacial score (nSPS) is 15.7. The molecule has 0 radical (unpaired) electrons. The van der Waals surface area contributed by atoms with Gasteiger partial charge in [-0.2, -0.15) is 5.10 Å². The van der Waals surface area contributed by atoms with Gasteiger partial charge in [0.15, 0.2) is 5.65 Å². The molecule has 2 aromatic heterocycles. The minimum Gasteiger partial charge on any atom is -0.393 e. The minimum absolute atomic E-state index is 0.141. The Balaban J connectivity index is 1.33. The number of aliphatic hydroxyl groups is 1. The van der Waals surface area contributed by atoms with Crippen LogP contribution in [0, 0.1) is 0 Å². The number of carbonyl (C=O) groups is 1. The number of benzene rings is 1. The minimum atomic E-state index is -0.144. The van der Waals surface area contributed by atoms with Gasteiger partial charge >= 0.3 is 0 Å². The monoisotopic (exact) mass is 407 g/mol. The molecule has 1 aliphatic heterocycles. The number of hydrogen-bond acceptors (Lipinski definition) is 5. The molecule has 3 heterocycles. The number of nitrogens with zero attached hydrogens (tertiary/aromatic N) is 4. The average Bonchev–Trinajstić information content (AvgIpc) is 3.18. The number of rotatable bonds is 6. The van der Waals surface area contributed by atoms with Crippen molar-refractivity contribution in [2.75, 3.05) is 13.1 Å². The van der Waals surface area contributed by atoms with Crippen LogP contribution in [0.3, 0.4) is 0 Å². The van der Waals surface area contributed by atoms with Crippen LogP contribution in [0.1, 0.15) is 54.2 Å². The summed E-state index contributed by atoms with van der Waals surface area (Å²) in [5.41, 5.74) is 3.64. The van der Waals surface area contributed by atoms with E-state index >= 15 is 0 Å². The van der Waals surface area contributed by atoms with Crippen LogP contribution < -0.4 is 5.32 Å². The first-order valence-electron chi connectivity index (χ1n) is 10.6. The van der Waals surface area contributed by atoms with E-state index in [1.807, 2.05) is 10.7 Å². The lowest BCUT2D eigenvalue weighted by Gasteiger charge is -2.29. The molecule has 1 saturated heterocycles. The number of aromatic nitrogens is 3. The molecule has 30 heavy (non-hydrogen) atoms. The predicted octanol–water partition coefficient (Wildman–Crippen LogP) is 2.90. The Labute approximate surface area is 176 Å². The fraction of sp³-hybridized carbons (Fsp3) is 0.435. The lowest BCUT2D eigenvalue weighted by atomic mass is 10.1. The molecule has 158 valence electrons. The molecule has 7 nitrogen and oxygen atoms in total. The first-order chi connectivity index (χ1) is 14.5. The van der Waals surface area contributed by atoms with Gasteiger partial charge in [0.05, 0.1) is 17.9 Å². The van der Waals surface area contributed by atoms with Gasteiger partial charge in [0.2, 0.25) is 0 Å². The van der Waals surface area contributed by atoms with Crippen molar-refractivity contribution in [3.05, 3.63) is 59.4 Å². The van der Waals surface area contributed by atoms with E-state index in [4.69, 9.17) is 0 Å². The summed E-state index contributed by atoms with van der Waals surface area (Å²) < 4.78 is 1.85. The molecule has 0 spiro atoms. The third kappa shape index (κ3) is 4.68. The largest absolute Gasteiger partial charge is 0.393 e. The smallest absolute Gasteiger partial charge is 0.253 e. The van der Waals surface area contributed by atoms with Gasteiger partial charge in [0, 0.05) is 43.8 Å². The standard InChI is InChI=1S/C23H29N5O2/c1-16(2)28-22-19(14-26-28)11-20(13-24-22)23(30)25-12-17-3-5-18(6-4-17)15-27-9-7-21(29)8-10-27/h3-6,11,13-14,16,21,29H,7-10,12,15H2,1-2H3,(H,25,30). The molecule has 0 atom stereocenters. The summed E-state index contributed by atoms with van der Waals surface area (Å²) in [6.45, 7) is 7.35. The average molecular weight is 408 g/mol. The van der Waals surface area contributed by atoms with Gasteiger partial charge in [-0.05, 0) is 43.9 Å². The Bertz CT molecular complexity index is 1000. The highest BCUT2D eigenvalue weighted by Crippen LogP contribution is 2.17. The van der Waals surface area contributed by atoms with Crippen molar-refractivity contribution in [3.63, 3.8) is 0 Å². The molecule has 4 rings (SSSR count). The van der Waals surface area contributed by atoms with Gasteiger partial charge in [-0.15, -0.1) is 0 Å². The van der Waals surface area contributed by atoms with E-state index < -0.39 is 0 Å². The van der Waals surface area contributed by atoms with Gasteiger partial charge in [0.1, 0.15) is 0 Å². The van der Waals surface area contributed by atoms with Crippen molar-refractivity contribution in [3.8, 4) is 0 Å². The molecule has 1 aliphatic rings. The lowest BCUT2D eigenvalue weighted by molar-refractivity contribution is 0.0792. The number of piperidine rings is 1. The Morgan fingerprint density at radius 1 is 1.17 bits per heavy atom. The van der Waals surface area contributed by atoms with Crippen LogP contribution in [0.2, 0.25) is 0 Å². The second kappa shape index (κ2) is 8.93. The molecule has 7 heteroatoms. The van der Waals surface area contributed by atoms with E-state index in [9.17, 15) is 9.90 Å². The summed E-state index contributed by atoms with van der Waals surface area (Å²) in [6.07, 6.45) is 4.92. The van der Waals surface area contributed by atoms with Crippen LogP contribution in [-0.4, -0.2) is 49.9 Å². The zero-order chi connectivity index (χ0) is 21.1. The lowest BCUT2D eigenvalue weighted by Crippen LogP contribution is -2.35. The number of hydrogen-bond donors (Lipinski definition) is 2.